The second-order valence-corrected chi connectivity index (χ2v) is 9.26. The van der Waals surface area contributed by atoms with E-state index in [1.807, 2.05) is 18.3 Å². The van der Waals surface area contributed by atoms with Gasteiger partial charge in [-0.1, -0.05) is 19.3 Å². The van der Waals surface area contributed by atoms with Crippen LogP contribution in [0.4, 0.5) is 5.95 Å². The van der Waals surface area contributed by atoms with E-state index >= 15 is 0 Å². The van der Waals surface area contributed by atoms with Crippen LogP contribution >= 0.6 is 0 Å². The van der Waals surface area contributed by atoms with E-state index in [0.29, 0.717) is 49.4 Å². The fourth-order valence-corrected chi connectivity index (χ4v) is 5.17. The monoisotopic (exact) mass is 464 g/mol. The lowest BCUT2D eigenvalue weighted by molar-refractivity contribution is -0.122. The summed E-state index contributed by atoms with van der Waals surface area (Å²) in [6.07, 6.45) is 11.5. The molecule has 2 aromatic heterocycles. The van der Waals surface area contributed by atoms with Gasteiger partial charge in [0.25, 0.3) is 0 Å². The molecular weight excluding hydrogens is 432 g/mol. The quantitative estimate of drug-likeness (QED) is 0.592. The van der Waals surface area contributed by atoms with E-state index in [0.717, 1.165) is 35.0 Å². The second-order valence-electron chi connectivity index (χ2n) is 9.26. The number of anilines is 1. The van der Waals surface area contributed by atoms with Crippen LogP contribution in [-0.4, -0.2) is 53.0 Å². The van der Waals surface area contributed by atoms with Crippen molar-refractivity contribution in [2.24, 2.45) is 11.7 Å². The van der Waals surface area contributed by atoms with E-state index in [4.69, 9.17) is 30.3 Å². The van der Waals surface area contributed by atoms with Crippen LogP contribution in [0.15, 0.2) is 24.5 Å². The zero-order valence-corrected chi connectivity index (χ0v) is 19.9. The number of nitrogens with two attached hydrogens (primary N) is 1. The zero-order valence-electron chi connectivity index (χ0n) is 19.9. The van der Waals surface area contributed by atoms with Crippen molar-refractivity contribution in [1.82, 2.24) is 19.7 Å². The van der Waals surface area contributed by atoms with Crippen molar-refractivity contribution in [3.63, 3.8) is 0 Å². The third-order valence-corrected chi connectivity index (χ3v) is 7.19. The van der Waals surface area contributed by atoms with Crippen LogP contribution in [0, 0.1) is 5.92 Å². The van der Waals surface area contributed by atoms with Crippen LogP contribution in [0.5, 0.6) is 11.5 Å². The van der Waals surface area contributed by atoms with Crippen LogP contribution in [-0.2, 0) is 4.79 Å². The Labute approximate surface area is 199 Å². The highest BCUT2D eigenvalue weighted by atomic mass is 16.5. The number of aromatic nitrogens is 4. The predicted molar refractivity (Wildman–Crippen MR) is 130 cm³/mol. The van der Waals surface area contributed by atoms with Crippen molar-refractivity contribution < 1.29 is 14.3 Å². The van der Waals surface area contributed by atoms with Gasteiger partial charge >= 0.3 is 0 Å². The number of piperidine rings is 1. The number of primary amides is 1. The molecule has 9 nitrogen and oxygen atoms in total. The normalized spacial score (nSPS) is 17.8. The molecule has 1 amide bonds. The Kier molecular flexibility index (Phi) is 6.26. The highest BCUT2D eigenvalue weighted by Gasteiger charge is 2.26. The van der Waals surface area contributed by atoms with Gasteiger partial charge in [-0.25, -0.2) is 9.97 Å². The van der Waals surface area contributed by atoms with Gasteiger partial charge in [-0.05, 0) is 31.7 Å². The molecule has 1 aromatic carbocycles. The molecule has 0 spiro atoms. The average molecular weight is 465 g/mol. The summed E-state index contributed by atoms with van der Waals surface area (Å²) < 4.78 is 13.2. The Hall–Kier alpha value is -3.36. The van der Waals surface area contributed by atoms with Gasteiger partial charge in [0.2, 0.25) is 11.9 Å². The summed E-state index contributed by atoms with van der Waals surface area (Å²) in [5, 5.41) is 5.59. The van der Waals surface area contributed by atoms with Crippen molar-refractivity contribution in [2.75, 3.05) is 32.2 Å². The number of amides is 1. The molecule has 9 heteroatoms. The molecule has 1 saturated heterocycles. The van der Waals surface area contributed by atoms with E-state index in [-0.39, 0.29) is 11.8 Å². The molecule has 0 bridgehead atoms. The summed E-state index contributed by atoms with van der Waals surface area (Å²) >= 11 is 0. The number of nitrogens with zero attached hydrogens (tertiary/aromatic N) is 5. The number of hydrogen-bond acceptors (Lipinski definition) is 7. The van der Waals surface area contributed by atoms with Crippen LogP contribution in [0.25, 0.3) is 22.2 Å². The van der Waals surface area contributed by atoms with E-state index < -0.39 is 0 Å². The SMILES string of the molecule is COc1cc2nc(N3CCC(C(N)=O)CC3)nc(-c3cnn(C4CCCCC4)c3)c2cc1OC. The summed E-state index contributed by atoms with van der Waals surface area (Å²) in [6.45, 7) is 1.38. The molecule has 34 heavy (non-hydrogen) atoms. The molecule has 0 atom stereocenters. The maximum atomic E-state index is 11.6. The van der Waals surface area contributed by atoms with Crippen LogP contribution in [0.3, 0.4) is 0 Å². The van der Waals surface area contributed by atoms with E-state index in [1.54, 1.807) is 14.2 Å². The van der Waals surface area contributed by atoms with Gasteiger partial charge in [-0.15, -0.1) is 0 Å². The number of ether oxygens (including phenoxy) is 2. The Balaban J connectivity index is 1.57. The van der Waals surface area contributed by atoms with E-state index in [2.05, 4.69) is 15.8 Å². The number of carbonyl (C=O) groups is 1. The number of hydrogen-bond donors (Lipinski definition) is 1. The summed E-state index contributed by atoms with van der Waals surface area (Å²) in [7, 11) is 3.25. The Morgan fingerprint density at radius 3 is 2.38 bits per heavy atom. The molecule has 0 radical (unpaired) electrons. The van der Waals surface area contributed by atoms with Gasteiger partial charge in [-0.2, -0.15) is 5.10 Å². The number of rotatable bonds is 6. The zero-order chi connectivity index (χ0) is 23.7. The maximum absolute atomic E-state index is 11.6. The van der Waals surface area contributed by atoms with Crippen LogP contribution < -0.4 is 20.1 Å². The van der Waals surface area contributed by atoms with Crippen molar-refractivity contribution in [3.8, 4) is 22.8 Å². The minimum absolute atomic E-state index is 0.0887. The van der Waals surface area contributed by atoms with Gasteiger partial charge in [0.15, 0.2) is 11.5 Å². The first kappa shape index (κ1) is 22.4. The second kappa shape index (κ2) is 9.48. The Morgan fingerprint density at radius 2 is 1.71 bits per heavy atom. The number of fused-ring (bicyclic) bond motifs is 1. The molecule has 5 rings (SSSR count). The third kappa shape index (κ3) is 4.26. The third-order valence-electron chi connectivity index (χ3n) is 7.19. The first-order valence-electron chi connectivity index (χ1n) is 12.1. The first-order chi connectivity index (χ1) is 16.6. The summed E-state index contributed by atoms with van der Waals surface area (Å²) in [5.74, 6) is 1.58. The van der Waals surface area contributed by atoms with Gasteiger partial charge in [0, 0.05) is 42.2 Å². The van der Waals surface area contributed by atoms with Crippen molar-refractivity contribution in [2.45, 2.75) is 51.0 Å². The largest absolute Gasteiger partial charge is 0.493 e. The molecule has 1 aliphatic carbocycles. The first-order valence-corrected chi connectivity index (χ1v) is 12.1. The smallest absolute Gasteiger partial charge is 0.226 e. The van der Waals surface area contributed by atoms with Crippen LogP contribution in [0.2, 0.25) is 0 Å². The maximum Gasteiger partial charge on any atom is 0.226 e. The minimum atomic E-state index is -0.230. The van der Waals surface area contributed by atoms with Crippen molar-refractivity contribution in [1.29, 1.82) is 0 Å². The van der Waals surface area contributed by atoms with Crippen molar-refractivity contribution in [3.05, 3.63) is 24.5 Å². The Bertz CT molecular complexity index is 1180. The molecule has 3 aromatic rings. The predicted octanol–water partition coefficient (Wildman–Crippen LogP) is 3.72. The molecule has 2 aliphatic rings. The highest BCUT2D eigenvalue weighted by molar-refractivity contribution is 5.95. The van der Waals surface area contributed by atoms with Crippen LogP contribution in [0.1, 0.15) is 51.0 Å². The number of benzene rings is 1. The summed E-state index contributed by atoms with van der Waals surface area (Å²) in [5.41, 5.74) is 8.08. The standard InChI is InChI=1S/C25H32N6O3/c1-33-21-12-19-20(13-22(21)34-2)28-25(30-10-8-16(9-11-30)24(26)32)29-23(19)17-14-27-31(15-17)18-6-4-3-5-7-18/h12-16,18H,3-11H2,1-2H3,(H2,26,32). The molecular formula is C25H32N6O3. The van der Waals surface area contributed by atoms with Crippen molar-refractivity contribution >= 4 is 22.8 Å². The molecule has 3 heterocycles. The van der Waals surface area contributed by atoms with Gasteiger partial charge in [0.05, 0.1) is 37.7 Å². The highest BCUT2D eigenvalue weighted by Crippen LogP contribution is 2.37. The molecule has 180 valence electrons. The average Bonchev–Trinajstić information content (AvgIpc) is 3.38. The topological polar surface area (TPSA) is 108 Å². The summed E-state index contributed by atoms with van der Waals surface area (Å²) in [4.78, 5) is 23.6. The van der Waals surface area contributed by atoms with E-state index in [9.17, 15) is 4.79 Å². The molecule has 2 fully saturated rings. The van der Waals surface area contributed by atoms with Gasteiger partial charge < -0.3 is 20.1 Å². The molecule has 0 unspecified atom stereocenters. The van der Waals surface area contributed by atoms with E-state index in [1.165, 1.54) is 19.3 Å². The lowest BCUT2D eigenvalue weighted by Crippen LogP contribution is -2.39. The molecule has 1 saturated carbocycles. The fraction of sp³-hybridized carbons (Fsp3) is 0.520. The van der Waals surface area contributed by atoms with Gasteiger partial charge in [0.1, 0.15) is 0 Å². The molecule has 2 N–H and O–H groups in total. The molecule has 1 aliphatic heterocycles. The van der Waals surface area contributed by atoms with Gasteiger partial charge in [-0.3, -0.25) is 9.48 Å². The lowest BCUT2D eigenvalue weighted by atomic mass is 9.96. The fourth-order valence-electron chi connectivity index (χ4n) is 5.17. The number of carbonyl (C=O) groups excluding carboxylic acids is 1. The minimum Gasteiger partial charge on any atom is -0.493 e. The lowest BCUT2D eigenvalue weighted by Gasteiger charge is -2.31. The Morgan fingerprint density at radius 1 is 1.00 bits per heavy atom. The summed E-state index contributed by atoms with van der Waals surface area (Å²) in [6, 6.07) is 4.27. The number of methoxy groups -OCH3 is 2.